The average molecular weight is 627 g/mol. The molecule has 3 aromatic heterocycles. The summed E-state index contributed by atoms with van der Waals surface area (Å²) in [4.78, 5) is 48.1. The van der Waals surface area contributed by atoms with Crippen molar-refractivity contribution in [3.05, 3.63) is 107 Å². The molecule has 1 aromatic carbocycles. The molecule has 0 spiro atoms. The molecule has 0 aliphatic carbocycles. The number of anilines is 2. The van der Waals surface area contributed by atoms with Gasteiger partial charge in [0, 0.05) is 55.6 Å². The number of amides is 4. The first-order chi connectivity index (χ1) is 22.3. The van der Waals surface area contributed by atoms with Gasteiger partial charge in [0.25, 0.3) is 0 Å². The third kappa shape index (κ3) is 7.57. The van der Waals surface area contributed by atoms with Gasteiger partial charge in [0.05, 0.1) is 29.7 Å². The summed E-state index contributed by atoms with van der Waals surface area (Å²) in [7, 11) is 3.63. The fourth-order valence-electron chi connectivity index (χ4n) is 4.97. The second-order valence-electron chi connectivity index (χ2n) is 12.8. The standard InChI is InChI=1S/C20H21N3O.C17H17N5O/c1-15-6-5-7-16(12-15)8-9-17-10-11-18(21-13-17)23-14-20(2,3)22(4)19(23)24;1-17(2)11-22(16(23)21(17)3)15-7-6-13(10-20-15)4-5-14-8-18-12-19-9-14/h5-7,10-13H,14H2,1-4H3;6-10,12H,11H2,1-3H3. The van der Waals surface area contributed by atoms with Gasteiger partial charge in [0.2, 0.25) is 0 Å². The van der Waals surface area contributed by atoms with Gasteiger partial charge in [-0.2, -0.15) is 0 Å². The molecule has 0 unspecified atom stereocenters. The molecule has 2 aliphatic rings. The van der Waals surface area contributed by atoms with E-state index >= 15 is 0 Å². The molecule has 2 saturated heterocycles. The van der Waals surface area contributed by atoms with Crippen molar-refractivity contribution in [3.63, 3.8) is 0 Å². The van der Waals surface area contributed by atoms with Gasteiger partial charge < -0.3 is 9.80 Å². The fraction of sp³-hybridized carbons (Fsp3) is 0.297. The van der Waals surface area contributed by atoms with E-state index in [2.05, 4.69) is 49.7 Å². The molecule has 4 amide bonds. The molecular formula is C37H38N8O2. The first-order valence-corrected chi connectivity index (χ1v) is 15.2. The normalized spacial score (nSPS) is 16.1. The highest BCUT2D eigenvalue weighted by molar-refractivity contribution is 5.94. The highest BCUT2D eigenvalue weighted by Gasteiger charge is 2.42. The van der Waals surface area contributed by atoms with Crippen LogP contribution in [-0.2, 0) is 0 Å². The summed E-state index contributed by atoms with van der Waals surface area (Å²) >= 11 is 0. The SMILES string of the molecule is CN1C(=O)N(c2ccc(C#Cc3cncnc3)cn2)CC1(C)C.Cc1cccc(C#Cc2ccc(N3CC(C)(C)N(C)C3=O)nc2)c1. The molecule has 6 rings (SSSR count). The van der Waals surface area contributed by atoms with Crippen molar-refractivity contribution in [3.8, 4) is 23.7 Å². The zero-order valence-electron chi connectivity index (χ0n) is 27.8. The highest BCUT2D eigenvalue weighted by atomic mass is 16.2. The van der Waals surface area contributed by atoms with Crippen LogP contribution in [0.2, 0.25) is 0 Å². The van der Waals surface area contributed by atoms with E-state index in [0.29, 0.717) is 24.7 Å². The monoisotopic (exact) mass is 626 g/mol. The maximum atomic E-state index is 12.3. The minimum absolute atomic E-state index is 0.0221. The maximum Gasteiger partial charge on any atom is 0.325 e. The topological polar surface area (TPSA) is 98.7 Å². The average Bonchev–Trinajstić information content (AvgIpc) is 3.41. The molecule has 0 radical (unpaired) electrons. The zero-order valence-corrected chi connectivity index (χ0v) is 27.8. The summed E-state index contributed by atoms with van der Waals surface area (Å²) in [6.45, 7) is 11.5. The van der Waals surface area contributed by atoms with Crippen molar-refractivity contribution in [1.82, 2.24) is 29.7 Å². The molecule has 0 N–H and O–H groups in total. The third-order valence-electron chi connectivity index (χ3n) is 8.27. The lowest BCUT2D eigenvalue weighted by molar-refractivity contribution is 0.197. The lowest BCUT2D eigenvalue weighted by Gasteiger charge is -2.24. The van der Waals surface area contributed by atoms with Gasteiger partial charge in [-0.25, -0.2) is 29.5 Å². The lowest BCUT2D eigenvalue weighted by atomic mass is 10.1. The Morgan fingerprint density at radius 3 is 1.49 bits per heavy atom. The Morgan fingerprint density at radius 1 is 0.617 bits per heavy atom. The van der Waals surface area contributed by atoms with Gasteiger partial charge in [-0.15, -0.1) is 0 Å². The van der Waals surface area contributed by atoms with Crippen LogP contribution in [0.1, 0.15) is 55.5 Å². The van der Waals surface area contributed by atoms with Crippen molar-refractivity contribution >= 4 is 23.7 Å². The molecule has 2 aliphatic heterocycles. The first-order valence-electron chi connectivity index (χ1n) is 15.2. The highest BCUT2D eigenvalue weighted by Crippen LogP contribution is 2.29. The number of likely N-dealkylation sites (N-methyl/N-ethyl adjacent to an activating group) is 2. The van der Waals surface area contributed by atoms with E-state index in [4.69, 9.17) is 0 Å². The minimum Gasteiger partial charge on any atom is -0.320 e. The molecule has 0 bridgehead atoms. The van der Waals surface area contributed by atoms with Gasteiger partial charge in [-0.1, -0.05) is 35.8 Å². The number of carbonyl (C=O) groups is 2. The molecule has 4 aromatic rings. The van der Waals surface area contributed by atoms with Gasteiger partial charge in [-0.3, -0.25) is 9.80 Å². The summed E-state index contributed by atoms with van der Waals surface area (Å²) in [5.74, 6) is 13.5. The lowest BCUT2D eigenvalue weighted by Crippen LogP contribution is -2.38. The number of benzene rings is 1. The molecule has 2 fully saturated rings. The van der Waals surface area contributed by atoms with Crippen molar-refractivity contribution in [2.45, 2.75) is 45.7 Å². The van der Waals surface area contributed by atoms with E-state index in [0.717, 1.165) is 22.3 Å². The van der Waals surface area contributed by atoms with E-state index in [1.165, 1.54) is 11.9 Å². The number of hydrogen-bond acceptors (Lipinski definition) is 6. The van der Waals surface area contributed by atoms with Gasteiger partial charge >= 0.3 is 12.1 Å². The molecule has 47 heavy (non-hydrogen) atoms. The van der Waals surface area contributed by atoms with Crippen LogP contribution in [0.25, 0.3) is 0 Å². The third-order valence-corrected chi connectivity index (χ3v) is 8.27. The van der Waals surface area contributed by atoms with Crippen LogP contribution >= 0.6 is 0 Å². The Labute approximate surface area is 276 Å². The smallest absolute Gasteiger partial charge is 0.320 e. The molecule has 5 heterocycles. The summed E-state index contributed by atoms with van der Waals surface area (Å²) in [6, 6.07) is 15.5. The Kier molecular flexibility index (Phi) is 9.25. The first kappa shape index (κ1) is 32.6. The number of nitrogens with zero attached hydrogens (tertiary/aromatic N) is 8. The summed E-state index contributed by atoms with van der Waals surface area (Å²) < 4.78 is 0. The van der Waals surface area contributed by atoms with E-state index in [9.17, 15) is 9.59 Å². The van der Waals surface area contributed by atoms with Crippen LogP contribution in [0.15, 0.2) is 79.6 Å². The number of pyridine rings is 2. The van der Waals surface area contributed by atoms with Gasteiger partial charge in [0.1, 0.15) is 18.0 Å². The second-order valence-corrected chi connectivity index (χ2v) is 12.8. The summed E-state index contributed by atoms with van der Waals surface area (Å²) in [5.41, 5.74) is 4.13. The molecule has 10 nitrogen and oxygen atoms in total. The number of aromatic nitrogens is 4. The van der Waals surface area contributed by atoms with Crippen LogP contribution in [0.4, 0.5) is 21.2 Å². The van der Waals surface area contributed by atoms with E-state index < -0.39 is 0 Å². The van der Waals surface area contributed by atoms with Crippen LogP contribution in [-0.4, -0.2) is 80.1 Å². The predicted octanol–water partition coefficient (Wildman–Crippen LogP) is 5.36. The number of hydrogen-bond donors (Lipinski definition) is 0. The fourth-order valence-corrected chi connectivity index (χ4v) is 4.97. The number of urea groups is 2. The molecule has 0 atom stereocenters. The summed E-state index contributed by atoms with van der Waals surface area (Å²) in [6.07, 6.45) is 8.17. The maximum absolute atomic E-state index is 12.3. The van der Waals surface area contributed by atoms with Crippen molar-refractivity contribution < 1.29 is 9.59 Å². The van der Waals surface area contributed by atoms with Crippen molar-refractivity contribution in [2.75, 3.05) is 37.0 Å². The molecular weight excluding hydrogens is 588 g/mol. The second kappa shape index (κ2) is 13.3. The Morgan fingerprint density at radius 2 is 1.09 bits per heavy atom. The van der Waals surface area contributed by atoms with Crippen molar-refractivity contribution in [1.29, 1.82) is 0 Å². The van der Waals surface area contributed by atoms with Crippen LogP contribution in [0.5, 0.6) is 0 Å². The molecule has 238 valence electrons. The Bertz CT molecular complexity index is 1880. The molecule has 10 heteroatoms. The largest absolute Gasteiger partial charge is 0.325 e. The predicted molar refractivity (Wildman–Crippen MR) is 183 cm³/mol. The van der Waals surface area contributed by atoms with E-state index in [1.807, 2.05) is 91.2 Å². The number of carbonyl (C=O) groups excluding carboxylic acids is 2. The van der Waals surface area contributed by atoms with Crippen LogP contribution < -0.4 is 9.80 Å². The van der Waals surface area contributed by atoms with E-state index in [1.54, 1.807) is 44.4 Å². The number of rotatable bonds is 2. The minimum atomic E-state index is -0.204. The van der Waals surface area contributed by atoms with Gasteiger partial charge in [-0.05, 0) is 76.6 Å². The Hall–Kier alpha value is -5.74. The van der Waals surface area contributed by atoms with Crippen LogP contribution in [0, 0.1) is 30.6 Å². The quantitative estimate of drug-likeness (QED) is 0.278. The Balaban J connectivity index is 0.000000185. The van der Waals surface area contributed by atoms with Crippen molar-refractivity contribution in [2.24, 2.45) is 0 Å². The zero-order chi connectivity index (χ0) is 33.8. The molecule has 0 saturated carbocycles. The van der Waals surface area contributed by atoms with Gasteiger partial charge in [0.15, 0.2) is 0 Å². The number of aryl methyl sites for hydroxylation is 1. The summed E-state index contributed by atoms with van der Waals surface area (Å²) in [5, 5.41) is 0. The van der Waals surface area contributed by atoms with Crippen LogP contribution in [0.3, 0.4) is 0 Å². The van der Waals surface area contributed by atoms with E-state index in [-0.39, 0.29) is 23.1 Å².